The summed E-state index contributed by atoms with van der Waals surface area (Å²) in [6.45, 7) is 0. The second-order valence-corrected chi connectivity index (χ2v) is 3.16. The summed E-state index contributed by atoms with van der Waals surface area (Å²) in [5, 5.41) is 28.2. The summed E-state index contributed by atoms with van der Waals surface area (Å²) in [4.78, 5) is 11.1. The molecule has 0 radical (unpaired) electrons. The molecule has 7 heteroatoms. The van der Waals surface area contributed by atoms with Gasteiger partial charge in [-0.25, -0.2) is 4.79 Å². The van der Waals surface area contributed by atoms with Crippen LogP contribution in [0.2, 0.25) is 0 Å². The molecule has 88 valence electrons. The van der Waals surface area contributed by atoms with Gasteiger partial charge in [-0.1, -0.05) is 0 Å². The molecule has 5 unspecified atom stereocenters. The lowest BCUT2D eigenvalue weighted by molar-refractivity contribution is -0.288. The number of ether oxygens (including phenoxy) is 3. The van der Waals surface area contributed by atoms with Crippen molar-refractivity contribution in [2.75, 3.05) is 14.2 Å². The first kappa shape index (κ1) is 12.3. The Morgan fingerprint density at radius 3 is 2.20 bits per heavy atom. The maximum atomic E-state index is 11.1. The van der Waals surface area contributed by atoms with Crippen LogP contribution < -0.4 is 0 Å². The molecular formula is C8H14O7. The first-order chi connectivity index (χ1) is 7.02. The average Bonchev–Trinajstić information content (AvgIpc) is 2.25. The fourth-order valence-corrected chi connectivity index (χ4v) is 1.35. The first-order valence-electron chi connectivity index (χ1n) is 4.33. The zero-order valence-electron chi connectivity index (χ0n) is 8.36. The minimum atomic E-state index is -1.54. The number of hydrogen-bond donors (Lipinski definition) is 3. The summed E-state index contributed by atoms with van der Waals surface area (Å²) < 4.78 is 14.0. The van der Waals surface area contributed by atoms with Crippen LogP contribution in [0.25, 0.3) is 0 Å². The number of aliphatic hydroxyl groups is 3. The Morgan fingerprint density at radius 2 is 1.73 bits per heavy atom. The lowest BCUT2D eigenvalue weighted by atomic mass is 9.99. The Bertz CT molecular complexity index is 229. The van der Waals surface area contributed by atoms with E-state index in [0.717, 1.165) is 7.11 Å². The standard InChI is InChI=1S/C8H14O7/c1-13-7(12)6-4(10)3(9)5(11)8(14-2)15-6/h3-6,8-11H,1-2H3. The Labute approximate surface area is 86.2 Å². The zero-order chi connectivity index (χ0) is 11.6. The van der Waals surface area contributed by atoms with Crippen LogP contribution in [0.3, 0.4) is 0 Å². The van der Waals surface area contributed by atoms with E-state index in [4.69, 9.17) is 9.47 Å². The quantitative estimate of drug-likeness (QED) is 0.448. The van der Waals surface area contributed by atoms with E-state index in [1.165, 1.54) is 7.11 Å². The molecule has 1 heterocycles. The highest BCUT2D eigenvalue weighted by Gasteiger charge is 2.47. The van der Waals surface area contributed by atoms with Gasteiger partial charge >= 0.3 is 5.97 Å². The fraction of sp³-hybridized carbons (Fsp3) is 0.875. The highest BCUT2D eigenvalue weighted by Crippen LogP contribution is 2.22. The second kappa shape index (κ2) is 4.86. The van der Waals surface area contributed by atoms with Crippen molar-refractivity contribution in [2.24, 2.45) is 0 Å². The van der Waals surface area contributed by atoms with Gasteiger partial charge in [0.1, 0.15) is 18.3 Å². The Balaban J connectivity index is 2.78. The van der Waals surface area contributed by atoms with Crippen molar-refractivity contribution in [3.05, 3.63) is 0 Å². The van der Waals surface area contributed by atoms with Crippen LogP contribution in [0.4, 0.5) is 0 Å². The van der Waals surface area contributed by atoms with E-state index in [1.54, 1.807) is 0 Å². The van der Waals surface area contributed by atoms with Gasteiger partial charge in [0.25, 0.3) is 0 Å². The first-order valence-corrected chi connectivity index (χ1v) is 4.33. The van der Waals surface area contributed by atoms with Gasteiger partial charge in [-0.15, -0.1) is 0 Å². The molecule has 0 bridgehead atoms. The third-order valence-electron chi connectivity index (χ3n) is 2.24. The van der Waals surface area contributed by atoms with Gasteiger partial charge in [0.15, 0.2) is 12.4 Å². The largest absolute Gasteiger partial charge is 0.467 e. The highest BCUT2D eigenvalue weighted by molar-refractivity contribution is 5.75. The van der Waals surface area contributed by atoms with Crippen molar-refractivity contribution in [2.45, 2.75) is 30.7 Å². The van der Waals surface area contributed by atoms with E-state index < -0.39 is 36.7 Å². The van der Waals surface area contributed by atoms with Gasteiger partial charge in [-0.3, -0.25) is 0 Å². The summed E-state index contributed by atoms with van der Waals surface area (Å²) in [5.74, 6) is -0.837. The number of carbonyl (C=O) groups excluding carboxylic acids is 1. The molecule has 1 fully saturated rings. The van der Waals surface area contributed by atoms with Crippen molar-refractivity contribution in [1.82, 2.24) is 0 Å². The minimum absolute atomic E-state index is 0.837. The van der Waals surface area contributed by atoms with E-state index in [1.807, 2.05) is 0 Å². The normalized spacial score (nSPS) is 41.3. The van der Waals surface area contributed by atoms with Crippen LogP contribution in [-0.4, -0.2) is 66.2 Å². The molecule has 0 aromatic carbocycles. The molecule has 1 saturated heterocycles. The van der Waals surface area contributed by atoms with Gasteiger partial charge in [-0.05, 0) is 0 Å². The molecule has 1 rings (SSSR count). The molecule has 7 nitrogen and oxygen atoms in total. The van der Waals surface area contributed by atoms with Crippen molar-refractivity contribution in [3.8, 4) is 0 Å². The molecule has 1 aliphatic heterocycles. The summed E-state index contributed by atoms with van der Waals surface area (Å²) >= 11 is 0. The van der Waals surface area contributed by atoms with Gasteiger partial charge in [0.2, 0.25) is 0 Å². The van der Waals surface area contributed by atoms with E-state index in [0.29, 0.717) is 0 Å². The van der Waals surface area contributed by atoms with Crippen molar-refractivity contribution >= 4 is 5.97 Å². The van der Waals surface area contributed by atoms with Crippen molar-refractivity contribution in [3.63, 3.8) is 0 Å². The summed E-state index contributed by atoms with van der Waals surface area (Å²) in [5.41, 5.74) is 0. The predicted octanol–water partition coefficient (Wildman–Crippen LogP) is -2.39. The number of esters is 1. The van der Waals surface area contributed by atoms with E-state index in [2.05, 4.69) is 4.74 Å². The molecule has 0 saturated carbocycles. The molecule has 5 atom stereocenters. The third-order valence-corrected chi connectivity index (χ3v) is 2.24. The maximum absolute atomic E-state index is 11.1. The minimum Gasteiger partial charge on any atom is -0.467 e. The van der Waals surface area contributed by atoms with Crippen molar-refractivity contribution in [1.29, 1.82) is 0 Å². The Morgan fingerprint density at radius 1 is 1.13 bits per heavy atom. The Kier molecular flexibility index (Phi) is 4.00. The number of methoxy groups -OCH3 is 2. The van der Waals surface area contributed by atoms with Gasteiger partial charge in [0.05, 0.1) is 7.11 Å². The van der Waals surface area contributed by atoms with Crippen LogP contribution in [0.15, 0.2) is 0 Å². The molecule has 0 aromatic rings. The van der Waals surface area contributed by atoms with Gasteiger partial charge in [0, 0.05) is 7.11 Å². The maximum Gasteiger partial charge on any atom is 0.337 e. The fourth-order valence-electron chi connectivity index (χ4n) is 1.35. The lowest BCUT2D eigenvalue weighted by Crippen LogP contribution is -2.60. The number of hydrogen-bond acceptors (Lipinski definition) is 7. The third kappa shape index (κ3) is 2.27. The SMILES string of the molecule is COC(=O)C1OC(OC)C(O)C(O)C1O. The lowest BCUT2D eigenvalue weighted by Gasteiger charge is -2.38. The summed E-state index contributed by atoms with van der Waals surface area (Å²) in [6, 6.07) is 0. The van der Waals surface area contributed by atoms with Crippen LogP contribution in [0.5, 0.6) is 0 Å². The number of rotatable bonds is 2. The molecular weight excluding hydrogens is 208 g/mol. The zero-order valence-corrected chi connectivity index (χ0v) is 8.36. The molecule has 0 aliphatic carbocycles. The monoisotopic (exact) mass is 222 g/mol. The van der Waals surface area contributed by atoms with E-state index >= 15 is 0 Å². The average molecular weight is 222 g/mol. The molecule has 0 aromatic heterocycles. The molecule has 0 spiro atoms. The number of aliphatic hydroxyl groups excluding tert-OH is 3. The van der Waals surface area contributed by atoms with Crippen LogP contribution in [-0.2, 0) is 19.0 Å². The van der Waals surface area contributed by atoms with Crippen LogP contribution >= 0.6 is 0 Å². The van der Waals surface area contributed by atoms with E-state index in [9.17, 15) is 20.1 Å². The molecule has 3 N–H and O–H groups in total. The summed E-state index contributed by atoms with van der Waals surface area (Å²) in [7, 11) is 2.37. The summed E-state index contributed by atoms with van der Waals surface area (Å²) in [6.07, 6.45) is -7.01. The molecule has 1 aliphatic rings. The molecule has 0 amide bonds. The predicted molar refractivity (Wildman–Crippen MR) is 45.7 cm³/mol. The van der Waals surface area contributed by atoms with Gasteiger partial charge < -0.3 is 29.5 Å². The van der Waals surface area contributed by atoms with Crippen LogP contribution in [0.1, 0.15) is 0 Å². The highest BCUT2D eigenvalue weighted by atomic mass is 16.7. The number of carbonyl (C=O) groups is 1. The van der Waals surface area contributed by atoms with Crippen molar-refractivity contribution < 1.29 is 34.3 Å². The molecule has 15 heavy (non-hydrogen) atoms. The smallest absolute Gasteiger partial charge is 0.337 e. The topological polar surface area (TPSA) is 105 Å². The van der Waals surface area contributed by atoms with Gasteiger partial charge in [-0.2, -0.15) is 0 Å². The van der Waals surface area contributed by atoms with Crippen LogP contribution in [0, 0.1) is 0 Å². The Hall–Kier alpha value is -0.730. The second-order valence-electron chi connectivity index (χ2n) is 3.16. The van der Waals surface area contributed by atoms with E-state index in [-0.39, 0.29) is 0 Å².